The lowest BCUT2D eigenvalue weighted by atomic mass is 9.99. The molecule has 28 heavy (non-hydrogen) atoms. The Balaban J connectivity index is 2.20. The van der Waals surface area contributed by atoms with Gasteiger partial charge >= 0.3 is 6.03 Å². The van der Waals surface area contributed by atoms with Gasteiger partial charge in [-0.15, -0.1) is 5.73 Å². The van der Waals surface area contributed by atoms with Gasteiger partial charge in [-0.3, -0.25) is 0 Å². The standard InChI is InChI=1S/C24H34N2OS/c1-6-13-26(24(27)25-14-11-19(4)12-15-25)18-22-17-21(10-9-20(22)5)23(8-3)28-16-7-2/h8-10,16-17,19H,2,6,11-15,18H2,1,3-5H3/b23-8-. The number of aryl methyl sites for hydroxylation is 1. The maximum Gasteiger partial charge on any atom is 0.320 e. The fourth-order valence-corrected chi connectivity index (χ4v) is 4.13. The molecule has 2 amide bonds. The summed E-state index contributed by atoms with van der Waals surface area (Å²) in [5, 5.41) is 1.87. The van der Waals surface area contributed by atoms with E-state index in [0.29, 0.717) is 6.54 Å². The highest BCUT2D eigenvalue weighted by Gasteiger charge is 2.25. The second-order valence-electron chi connectivity index (χ2n) is 7.61. The Hall–Kier alpha value is -1.90. The summed E-state index contributed by atoms with van der Waals surface area (Å²) in [5.74, 6) is 0.726. The van der Waals surface area contributed by atoms with Crippen LogP contribution in [-0.2, 0) is 6.54 Å². The molecule has 1 aliphatic heterocycles. The maximum absolute atomic E-state index is 13.1. The number of nitrogens with zero attached hydrogens (tertiary/aromatic N) is 2. The molecule has 3 nitrogen and oxygen atoms in total. The van der Waals surface area contributed by atoms with Crippen LogP contribution in [0.15, 0.2) is 42.0 Å². The first-order valence-corrected chi connectivity index (χ1v) is 11.2. The first kappa shape index (κ1) is 22.4. The summed E-state index contributed by atoms with van der Waals surface area (Å²) < 4.78 is 0. The van der Waals surface area contributed by atoms with E-state index in [-0.39, 0.29) is 6.03 Å². The summed E-state index contributed by atoms with van der Waals surface area (Å²) in [5.41, 5.74) is 6.44. The molecular formula is C24H34N2OS. The zero-order chi connectivity index (χ0) is 20.5. The first-order chi connectivity index (χ1) is 13.5. The molecule has 0 aliphatic carbocycles. The minimum absolute atomic E-state index is 0.189. The van der Waals surface area contributed by atoms with E-state index >= 15 is 0 Å². The van der Waals surface area contributed by atoms with Crippen molar-refractivity contribution in [2.45, 2.75) is 53.5 Å². The summed E-state index contributed by atoms with van der Waals surface area (Å²) in [7, 11) is 0. The van der Waals surface area contributed by atoms with Crippen LogP contribution in [0.1, 0.15) is 56.7 Å². The van der Waals surface area contributed by atoms with Gasteiger partial charge in [0.2, 0.25) is 0 Å². The van der Waals surface area contributed by atoms with Crippen LogP contribution < -0.4 is 0 Å². The zero-order valence-corrected chi connectivity index (χ0v) is 18.6. The Morgan fingerprint density at radius 2 is 2.11 bits per heavy atom. The van der Waals surface area contributed by atoms with Gasteiger partial charge in [0.1, 0.15) is 0 Å². The number of allylic oxidation sites excluding steroid dienone is 1. The van der Waals surface area contributed by atoms with E-state index in [1.165, 1.54) is 21.6 Å². The number of amides is 2. The molecule has 0 atom stereocenters. The van der Waals surface area contributed by atoms with Crippen LogP contribution in [0.3, 0.4) is 0 Å². The molecule has 1 aromatic rings. The number of thioether (sulfide) groups is 1. The van der Waals surface area contributed by atoms with Crippen molar-refractivity contribution in [2.75, 3.05) is 19.6 Å². The summed E-state index contributed by atoms with van der Waals surface area (Å²) >= 11 is 1.62. The van der Waals surface area contributed by atoms with Crippen molar-refractivity contribution in [3.63, 3.8) is 0 Å². The molecule has 0 aromatic heterocycles. The van der Waals surface area contributed by atoms with Crippen LogP contribution in [0, 0.1) is 12.8 Å². The average Bonchev–Trinajstić information content (AvgIpc) is 2.70. The fourth-order valence-electron chi connectivity index (χ4n) is 3.52. The van der Waals surface area contributed by atoms with E-state index in [4.69, 9.17) is 0 Å². The topological polar surface area (TPSA) is 23.6 Å². The van der Waals surface area contributed by atoms with Crippen LogP contribution in [0.4, 0.5) is 4.79 Å². The second kappa shape index (κ2) is 11.2. The van der Waals surface area contributed by atoms with E-state index in [0.717, 1.165) is 44.8 Å². The van der Waals surface area contributed by atoms with Gasteiger partial charge in [-0.1, -0.05) is 50.4 Å². The highest BCUT2D eigenvalue weighted by atomic mass is 32.2. The number of piperidine rings is 1. The number of carbonyl (C=O) groups excluding carboxylic acids is 1. The number of hydrogen-bond acceptors (Lipinski definition) is 2. The van der Waals surface area contributed by atoms with E-state index < -0.39 is 0 Å². The number of likely N-dealkylation sites (tertiary alicyclic amines) is 1. The SMILES string of the molecule is C=C=CS/C(=C\C)c1ccc(C)c(CN(CCC)C(=O)N2CCC(C)CC2)c1. The summed E-state index contributed by atoms with van der Waals surface area (Å²) in [4.78, 5) is 18.4. The molecule has 1 saturated heterocycles. The Morgan fingerprint density at radius 3 is 2.71 bits per heavy atom. The molecule has 4 heteroatoms. The van der Waals surface area contributed by atoms with Crippen molar-refractivity contribution in [3.05, 3.63) is 58.7 Å². The largest absolute Gasteiger partial charge is 0.325 e. The van der Waals surface area contributed by atoms with Crippen LogP contribution in [0.25, 0.3) is 4.91 Å². The third-order valence-corrected chi connectivity index (χ3v) is 6.35. The molecule has 0 saturated carbocycles. The first-order valence-electron chi connectivity index (χ1n) is 10.3. The third-order valence-electron chi connectivity index (χ3n) is 5.34. The molecule has 0 bridgehead atoms. The molecule has 1 heterocycles. The van der Waals surface area contributed by atoms with Crippen molar-refractivity contribution in [2.24, 2.45) is 5.92 Å². The van der Waals surface area contributed by atoms with Crippen molar-refractivity contribution >= 4 is 22.7 Å². The van der Waals surface area contributed by atoms with Crippen molar-refractivity contribution in [1.29, 1.82) is 0 Å². The monoisotopic (exact) mass is 398 g/mol. The van der Waals surface area contributed by atoms with E-state index in [1.807, 2.05) is 22.1 Å². The molecule has 152 valence electrons. The number of carbonyl (C=O) groups is 1. The van der Waals surface area contributed by atoms with Crippen LogP contribution in [-0.4, -0.2) is 35.5 Å². The quantitative estimate of drug-likeness (QED) is 0.493. The van der Waals surface area contributed by atoms with Crippen molar-refractivity contribution in [1.82, 2.24) is 9.80 Å². The molecule has 2 rings (SSSR count). The summed E-state index contributed by atoms with van der Waals surface area (Å²) in [6.07, 6.45) is 5.30. The minimum atomic E-state index is 0.189. The van der Waals surface area contributed by atoms with Gasteiger partial charge in [-0.05, 0) is 61.8 Å². The van der Waals surface area contributed by atoms with Crippen LogP contribution in [0.2, 0.25) is 0 Å². The van der Waals surface area contributed by atoms with Crippen molar-refractivity contribution in [3.8, 4) is 0 Å². The van der Waals surface area contributed by atoms with Gasteiger partial charge in [0.15, 0.2) is 0 Å². The molecule has 0 N–H and O–H groups in total. The second-order valence-corrected chi connectivity index (χ2v) is 8.52. The zero-order valence-electron chi connectivity index (χ0n) is 17.8. The van der Waals surface area contributed by atoms with Gasteiger partial charge in [-0.25, -0.2) is 4.79 Å². The van der Waals surface area contributed by atoms with E-state index in [9.17, 15) is 4.79 Å². The Morgan fingerprint density at radius 1 is 1.39 bits per heavy atom. The van der Waals surface area contributed by atoms with Gasteiger partial charge in [0, 0.05) is 36.5 Å². The van der Waals surface area contributed by atoms with Gasteiger partial charge in [0.25, 0.3) is 0 Å². The molecule has 0 spiro atoms. The lowest BCUT2D eigenvalue weighted by Crippen LogP contribution is -2.46. The predicted molar refractivity (Wildman–Crippen MR) is 122 cm³/mol. The summed E-state index contributed by atoms with van der Waals surface area (Å²) in [6.45, 7) is 15.4. The van der Waals surface area contributed by atoms with Gasteiger partial charge in [-0.2, -0.15) is 0 Å². The molecule has 1 aromatic carbocycles. The predicted octanol–water partition coefficient (Wildman–Crippen LogP) is 6.45. The van der Waals surface area contributed by atoms with Gasteiger partial charge in [0.05, 0.1) is 0 Å². The highest BCUT2D eigenvalue weighted by molar-refractivity contribution is 8.10. The normalized spacial score (nSPS) is 15.3. The molecule has 0 radical (unpaired) electrons. The van der Waals surface area contributed by atoms with Crippen LogP contribution in [0.5, 0.6) is 0 Å². The summed E-state index contributed by atoms with van der Waals surface area (Å²) in [6, 6.07) is 6.72. The molecule has 0 unspecified atom stereocenters. The Kier molecular flexibility index (Phi) is 8.95. The van der Waals surface area contributed by atoms with E-state index in [2.05, 4.69) is 57.4 Å². The third kappa shape index (κ3) is 6.05. The number of benzene rings is 1. The maximum atomic E-state index is 13.1. The smallest absolute Gasteiger partial charge is 0.320 e. The van der Waals surface area contributed by atoms with Gasteiger partial charge < -0.3 is 9.80 Å². The average molecular weight is 399 g/mol. The molecular weight excluding hydrogens is 364 g/mol. The van der Waals surface area contributed by atoms with Crippen molar-refractivity contribution < 1.29 is 4.79 Å². The fraction of sp³-hybridized carbons (Fsp3) is 0.500. The molecule has 1 fully saturated rings. The lowest BCUT2D eigenvalue weighted by Gasteiger charge is -2.35. The number of hydrogen-bond donors (Lipinski definition) is 0. The number of rotatable bonds is 7. The number of urea groups is 1. The highest BCUT2D eigenvalue weighted by Crippen LogP contribution is 2.30. The molecule has 1 aliphatic rings. The minimum Gasteiger partial charge on any atom is -0.325 e. The van der Waals surface area contributed by atoms with Crippen LogP contribution >= 0.6 is 11.8 Å². The van der Waals surface area contributed by atoms with E-state index in [1.54, 1.807) is 11.8 Å². The Labute approximate surface area is 175 Å². The Bertz CT molecular complexity index is 741. The lowest BCUT2D eigenvalue weighted by molar-refractivity contribution is 0.132.